The van der Waals surface area contributed by atoms with E-state index in [2.05, 4.69) is 20.4 Å². The van der Waals surface area contributed by atoms with Crippen molar-refractivity contribution in [3.05, 3.63) is 71.4 Å². The summed E-state index contributed by atoms with van der Waals surface area (Å²) in [5.74, 6) is 0.519. The fourth-order valence-electron chi connectivity index (χ4n) is 3.76. The Bertz CT molecular complexity index is 1070. The number of ketones is 1. The standard InChI is InChI=1S/C20H16FN5O/c21-14-7-2-1-6-13(14)19-24-20-23-15-8-3-9-16(27)17(15)18(26(20)25-19)12-5-4-10-22-11-12/h1-2,4-7,10-11,18H,3,8-9H2,(H,23,24,25). The maximum Gasteiger partial charge on any atom is 0.226 e. The third-order valence-electron chi connectivity index (χ3n) is 4.98. The summed E-state index contributed by atoms with van der Waals surface area (Å²) in [6, 6.07) is 9.75. The summed E-state index contributed by atoms with van der Waals surface area (Å²) in [7, 11) is 0. The quantitative estimate of drug-likeness (QED) is 0.756. The van der Waals surface area contributed by atoms with Crippen LogP contribution in [0.3, 0.4) is 0 Å². The van der Waals surface area contributed by atoms with E-state index in [1.165, 1.54) is 6.07 Å². The minimum Gasteiger partial charge on any atom is -0.328 e. The molecule has 0 fully saturated rings. The number of nitrogens with one attached hydrogen (secondary N) is 1. The Balaban J connectivity index is 1.70. The third kappa shape index (κ3) is 2.54. The molecule has 1 atom stereocenters. The molecule has 0 bridgehead atoms. The number of aromatic nitrogens is 4. The minimum atomic E-state index is -0.411. The van der Waals surface area contributed by atoms with Crippen molar-refractivity contribution in [1.29, 1.82) is 0 Å². The van der Waals surface area contributed by atoms with E-state index in [-0.39, 0.29) is 17.4 Å². The summed E-state index contributed by atoms with van der Waals surface area (Å²) >= 11 is 0. The first-order chi connectivity index (χ1) is 13.2. The number of rotatable bonds is 2. The summed E-state index contributed by atoms with van der Waals surface area (Å²) in [5.41, 5.74) is 2.76. The molecule has 27 heavy (non-hydrogen) atoms. The van der Waals surface area contributed by atoms with Gasteiger partial charge in [-0.15, -0.1) is 5.10 Å². The second-order valence-corrected chi connectivity index (χ2v) is 6.67. The molecule has 1 unspecified atom stereocenters. The number of fused-ring (bicyclic) bond motifs is 1. The van der Waals surface area contributed by atoms with Gasteiger partial charge in [-0.05, 0) is 36.6 Å². The van der Waals surface area contributed by atoms with Crippen molar-refractivity contribution >= 4 is 11.7 Å². The largest absolute Gasteiger partial charge is 0.328 e. The molecule has 3 aromatic rings. The van der Waals surface area contributed by atoms with Gasteiger partial charge in [0.05, 0.1) is 5.56 Å². The highest BCUT2D eigenvalue weighted by atomic mass is 19.1. The summed E-state index contributed by atoms with van der Waals surface area (Å²) in [4.78, 5) is 21.4. The van der Waals surface area contributed by atoms with Crippen molar-refractivity contribution in [2.75, 3.05) is 5.32 Å². The Morgan fingerprint density at radius 2 is 2.04 bits per heavy atom. The lowest BCUT2D eigenvalue weighted by molar-refractivity contribution is -0.116. The summed E-state index contributed by atoms with van der Waals surface area (Å²) in [6.45, 7) is 0. The molecule has 1 N–H and O–H groups in total. The number of benzene rings is 1. The van der Waals surface area contributed by atoms with Crippen molar-refractivity contribution in [1.82, 2.24) is 19.7 Å². The van der Waals surface area contributed by atoms with Crippen LogP contribution in [-0.4, -0.2) is 25.5 Å². The van der Waals surface area contributed by atoms with Crippen LogP contribution in [0.1, 0.15) is 30.9 Å². The smallest absolute Gasteiger partial charge is 0.226 e. The van der Waals surface area contributed by atoms with E-state index in [9.17, 15) is 9.18 Å². The molecular weight excluding hydrogens is 345 g/mol. The molecule has 3 heterocycles. The average molecular weight is 361 g/mol. The molecule has 0 amide bonds. The van der Waals surface area contributed by atoms with Crippen LogP contribution in [0.5, 0.6) is 0 Å². The van der Waals surface area contributed by atoms with E-state index in [1.54, 1.807) is 35.3 Å². The molecule has 134 valence electrons. The molecule has 0 spiro atoms. The van der Waals surface area contributed by atoms with Crippen LogP contribution in [-0.2, 0) is 4.79 Å². The van der Waals surface area contributed by atoms with Crippen LogP contribution in [0.25, 0.3) is 11.4 Å². The van der Waals surface area contributed by atoms with Gasteiger partial charge < -0.3 is 5.32 Å². The molecule has 6 nitrogen and oxygen atoms in total. The summed E-state index contributed by atoms with van der Waals surface area (Å²) in [5, 5.41) is 7.80. The van der Waals surface area contributed by atoms with Gasteiger partial charge in [-0.1, -0.05) is 18.2 Å². The first-order valence-corrected chi connectivity index (χ1v) is 8.87. The number of anilines is 1. The zero-order valence-electron chi connectivity index (χ0n) is 14.4. The summed E-state index contributed by atoms with van der Waals surface area (Å²) in [6.07, 6.45) is 5.52. The molecule has 0 radical (unpaired) electrons. The lowest BCUT2D eigenvalue weighted by Crippen LogP contribution is -2.31. The van der Waals surface area contributed by atoms with Crippen LogP contribution >= 0.6 is 0 Å². The zero-order valence-corrected chi connectivity index (χ0v) is 14.4. The Hall–Kier alpha value is -3.35. The molecule has 0 saturated carbocycles. The van der Waals surface area contributed by atoms with E-state index in [0.29, 0.717) is 23.5 Å². The maximum absolute atomic E-state index is 14.2. The monoisotopic (exact) mass is 361 g/mol. The lowest BCUT2D eigenvalue weighted by atomic mass is 9.86. The van der Waals surface area contributed by atoms with Gasteiger partial charge in [-0.3, -0.25) is 9.78 Å². The highest BCUT2D eigenvalue weighted by Crippen LogP contribution is 2.40. The van der Waals surface area contributed by atoms with E-state index < -0.39 is 6.04 Å². The van der Waals surface area contributed by atoms with Crippen LogP contribution in [0, 0.1) is 5.82 Å². The fraction of sp³-hybridized carbons (Fsp3) is 0.200. The predicted molar refractivity (Wildman–Crippen MR) is 97.3 cm³/mol. The first kappa shape index (κ1) is 15.9. The van der Waals surface area contributed by atoms with Gasteiger partial charge in [-0.25, -0.2) is 9.07 Å². The Morgan fingerprint density at radius 3 is 2.85 bits per heavy atom. The number of allylic oxidation sites excluding steroid dienone is 2. The van der Waals surface area contributed by atoms with Gasteiger partial charge in [0.1, 0.15) is 11.9 Å². The van der Waals surface area contributed by atoms with Gasteiger partial charge in [0.25, 0.3) is 0 Å². The summed E-state index contributed by atoms with van der Waals surface area (Å²) < 4.78 is 15.9. The molecule has 5 rings (SSSR count). The topological polar surface area (TPSA) is 72.7 Å². The number of Topliss-reactive ketones (excluding diaryl/α,β-unsaturated/α-hetero) is 1. The number of carbonyl (C=O) groups is 1. The van der Waals surface area contributed by atoms with E-state index >= 15 is 0 Å². The number of pyridine rings is 1. The minimum absolute atomic E-state index is 0.103. The van der Waals surface area contributed by atoms with Crippen LogP contribution in [0.4, 0.5) is 10.3 Å². The molecule has 0 saturated heterocycles. The molecule has 2 aromatic heterocycles. The van der Waals surface area contributed by atoms with Crippen LogP contribution < -0.4 is 5.32 Å². The van der Waals surface area contributed by atoms with Gasteiger partial charge in [0, 0.05) is 30.1 Å². The Kier molecular flexibility index (Phi) is 3.60. The second kappa shape index (κ2) is 6.12. The van der Waals surface area contributed by atoms with E-state index in [4.69, 9.17) is 0 Å². The molecule has 2 aliphatic rings. The number of hydrogen-bond acceptors (Lipinski definition) is 5. The van der Waals surface area contributed by atoms with Crippen molar-refractivity contribution in [3.8, 4) is 11.4 Å². The van der Waals surface area contributed by atoms with Gasteiger partial charge in [0.2, 0.25) is 5.95 Å². The van der Waals surface area contributed by atoms with Crippen LogP contribution in [0.2, 0.25) is 0 Å². The Labute approximate surface area is 154 Å². The maximum atomic E-state index is 14.2. The van der Waals surface area contributed by atoms with Crippen molar-refractivity contribution in [2.45, 2.75) is 25.3 Å². The normalized spacial score (nSPS) is 18.7. The molecule has 1 aromatic carbocycles. The number of carbonyl (C=O) groups excluding carboxylic acids is 1. The lowest BCUT2D eigenvalue weighted by Gasteiger charge is -2.31. The van der Waals surface area contributed by atoms with Gasteiger partial charge in [-0.2, -0.15) is 4.98 Å². The van der Waals surface area contributed by atoms with Crippen molar-refractivity contribution < 1.29 is 9.18 Å². The average Bonchev–Trinajstić information content (AvgIpc) is 3.11. The zero-order chi connectivity index (χ0) is 18.4. The number of nitrogens with zero attached hydrogens (tertiary/aromatic N) is 4. The molecule has 7 heteroatoms. The van der Waals surface area contributed by atoms with E-state index in [0.717, 1.165) is 24.1 Å². The van der Waals surface area contributed by atoms with Gasteiger partial charge in [0.15, 0.2) is 11.6 Å². The third-order valence-corrected chi connectivity index (χ3v) is 4.98. The number of halogens is 1. The first-order valence-electron chi connectivity index (χ1n) is 8.87. The fourth-order valence-corrected chi connectivity index (χ4v) is 3.76. The van der Waals surface area contributed by atoms with Crippen LogP contribution in [0.15, 0.2) is 60.1 Å². The van der Waals surface area contributed by atoms with Crippen molar-refractivity contribution in [2.24, 2.45) is 0 Å². The molecular formula is C20H16FN5O. The van der Waals surface area contributed by atoms with Crippen molar-refractivity contribution in [3.63, 3.8) is 0 Å². The second-order valence-electron chi connectivity index (χ2n) is 6.67. The van der Waals surface area contributed by atoms with E-state index in [1.807, 2.05) is 12.1 Å². The van der Waals surface area contributed by atoms with Gasteiger partial charge >= 0.3 is 0 Å². The SMILES string of the molecule is O=C1CCCC2=C1C(c1cccnc1)n1nc(-c3ccccc3F)nc1N2. The Morgan fingerprint density at radius 1 is 1.15 bits per heavy atom. The highest BCUT2D eigenvalue weighted by molar-refractivity contribution is 5.99. The molecule has 1 aliphatic heterocycles. The predicted octanol–water partition coefficient (Wildman–Crippen LogP) is 3.50. The molecule has 1 aliphatic carbocycles. The number of hydrogen-bond donors (Lipinski definition) is 1. The highest BCUT2D eigenvalue weighted by Gasteiger charge is 2.37.